The number of aryl methyl sites for hydroxylation is 1. The van der Waals surface area contributed by atoms with Crippen molar-refractivity contribution in [3.63, 3.8) is 0 Å². The van der Waals surface area contributed by atoms with Gasteiger partial charge >= 0.3 is 5.97 Å². The fraction of sp³-hybridized carbons (Fsp3) is 0.136. The van der Waals surface area contributed by atoms with Gasteiger partial charge in [0.2, 0.25) is 0 Å². The van der Waals surface area contributed by atoms with E-state index < -0.39 is 5.97 Å². The molecule has 0 spiro atoms. The lowest BCUT2D eigenvalue weighted by molar-refractivity contribution is 0.0598. The van der Waals surface area contributed by atoms with Crippen molar-refractivity contribution in [2.75, 3.05) is 12.4 Å². The average molecular weight is 439 g/mol. The second kappa shape index (κ2) is 8.73. The first-order valence-corrected chi connectivity index (χ1v) is 10.9. The number of aromatic nitrogens is 1. The highest BCUT2D eigenvalue weighted by atomic mass is 32.2. The van der Waals surface area contributed by atoms with Gasteiger partial charge in [-0.15, -0.1) is 11.8 Å². The van der Waals surface area contributed by atoms with Crippen molar-refractivity contribution in [3.8, 4) is 0 Å². The second-order valence-corrected chi connectivity index (χ2v) is 8.53. The third-order valence-electron chi connectivity index (χ3n) is 4.41. The fourth-order valence-corrected chi connectivity index (χ4v) is 4.88. The average Bonchev–Trinajstić information content (AvgIpc) is 3.37. The fourth-order valence-electron chi connectivity index (χ4n) is 2.92. The summed E-state index contributed by atoms with van der Waals surface area (Å²) < 4.78 is 11.2. The van der Waals surface area contributed by atoms with Crippen molar-refractivity contribution in [1.29, 1.82) is 0 Å². The molecule has 0 unspecified atom stereocenters. The lowest BCUT2D eigenvalue weighted by atomic mass is 10.2. The van der Waals surface area contributed by atoms with Crippen molar-refractivity contribution >= 4 is 50.3 Å². The number of fused-ring (bicyclic) bond motifs is 1. The molecule has 0 aliphatic heterocycles. The van der Waals surface area contributed by atoms with Crippen LogP contribution in [0.15, 0.2) is 64.1 Å². The number of ether oxygens (including phenoxy) is 1. The molecule has 0 aliphatic carbocycles. The summed E-state index contributed by atoms with van der Waals surface area (Å²) in [7, 11) is 1.33. The van der Waals surface area contributed by atoms with Crippen molar-refractivity contribution < 1.29 is 18.7 Å². The number of amides is 1. The number of nitrogens with zero attached hydrogens (tertiary/aromatic N) is 1. The SMILES string of the molecule is COC(=O)c1ccoc1CSc1ccccc1C(=O)Nc1nc2ccc(C)cc2s1. The van der Waals surface area contributed by atoms with Crippen LogP contribution in [0.1, 0.15) is 32.0 Å². The predicted molar refractivity (Wildman–Crippen MR) is 118 cm³/mol. The first-order chi connectivity index (χ1) is 14.5. The molecule has 8 heteroatoms. The highest BCUT2D eigenvalue weighted by Crippen LogP contribution is 2.30. The summed E-state index contributed by atoms with van der Waals surface area (Å²) in [6, 6.07) is 14.9. The quantitative estimate of drug-likeness (QED) is 0.315. The van der Waals surface area contributed by atoms with E-state index in [1.54, 1.807) is 12.1 Å². The van der Waals surface area contributed by atoms with Crippen LogP contribution in [-0.2, 0) is 10.5 Å². The molecule has 2 aromatic carbocycles. The van der Waals surface area contributed by atoms with Gasteiger partial charge in [-0.25, -0.2) is 9.78 Å². The number of furan rings is 1. The molecule has 0 saturated carbocycles. The molecule has 6 nitrogen and oxygen atoms in total. The summed E-state index contributed by atoms with van der Waals surface area (Å²) in [6.45, 7) is 2.02. The van der Waals surface area contributed by atoms with E-state index in [1.165, 1.54) is 36.5 Å². The number of esters is 1. The molecule has 152 valence electrons. The van der Waals surface area contributed by atoms with Crippen LogP contribution in [0, 0.1) is 6.92 Å². The molecule has 0 aliphatic rings. The molecule has 4 rings (SSSR count). The molecular formula is C22H18N2O4S2. The molecule has 0 saturated heterocycles. The Hall–Kier alpha value is -3.10. The van der Waals surface area contributed by atoms with Crippen LogP contribution in [0.2, 0.25) is 0 Å². The van der Waals surface area contributed by atoms with Gasteiger partial charge in [-0.3, -0.25) is 10.1 Å². The Labute approximate surface area is 181 Å². The number of nitrogens with one attached hydrogen (secondary N) is 1. The van der Waals surface area contributed by atoms with E-state index in [2.05, 4.69) is 16.4 Å². The normalized spacial score (nSPS) is 10.9. The topological polar surface area (TPSA) is 81.4 Å². The zero-order valence-corrected chi connectivity index (χ0v) is 17.9. The zero-order chi connectivity index (χ0) is 21.1. The summed E-state index contributed by atoms with van der Waals surface area (Å²) >= 11 is 2.86. The molecule has 1 N–H and O–H groups in total. The van der Waals surface area contributed by atoms with Gasteiger partial charge in [-0.2, -0.15) is 0 Å². The third kappa shape index (κ3) is 4.24. The van der Waals surface area contributed by atoms with Crippen molar-refractivity contribution in [2.24, 2.45) is 0 Å². The minimum absolute atomic E-state index is 0.235. The second-order valence-electron chi connectivity index (χ2n) is 6.48. The molecular weight excluding hydrogens is 420 g/mol. The first-order valence-electron chi connectivity index (χ1n) is 9.10. The van der Waals surface area contributed by atoms with Crippen LogP contribution < -0.4 is 5.32 Å². The molecule has 0 radical (unpaired) electrons. The van der Waals surface area contributed by atoms with Crippen LogP contribution in [-0.4, -0.2) is 24.0 Å². The molecule has 4 aromatic rings. The van der Waals surface area contributed by atoms with E-state index >= 15 is 0 Å². The number of thiazole rings is 1. The maximum Gasteiger partial charge on any atom is 0.341 e. The van der Waals surface area contributed by atoms with Gasteiger partial charge in [0.15, 0.2) is 5.13 Å². The van der Waals surface area contributed by atoms with E-state index in [0.717, 1.165) is 20.7 Å². The number of methoxy groups -OCH3 is 1. The van der Waals surface area contributed by atoms with Gasteiger partial charge < -0.3 is 9.15 Å². The van der Waals surface area contributed by atoms with Crippen LogP contribution in [0.3, 0.4) is 0 Å². The molecule has 0 bridgehead atoms. The molecule has 0 atom stereocenters. The molecule has 2 heterocycles. The Morgan fingerprint density at radius 2 is 2.00 bits per heavy atom. The van der Waals surface area contributed by atoms with Crippen LogP contribution in [0.4, 0.5) is 5.13 Å². The minimum atomic E-state index is -0.448. The predicted octanol–water partition coefficient (Wildman–Crippen LogP) is 5.53. The number of anilines is 1. The Morgan fingerprint density at radius 3 is 2.83 bits per heavy atom. The highest BCUT2D eigenvalue weighted by molar-refractivity contribution is 7.98. The summed E-state index contributed by atoms with van der Waals surface area (Å²) in [4.78, 5) is 30.0. The Bertz CT molecular complexity index is 1230. The molecule has 1 amide bonds. The number of carbonyl (C=O) groups excluding carboxylic acids is 2. The Balaban J connectivity index is 1.51. The van der Waals surface area contributed by atoms with Gasteiger partial charge in [0.25, 0.3) is 5.91 Å². The number of benzene rings is 2. The third-order valence-corrected chi connectivity index (χ3v) is 6.41. The van der Waals surface area contributed by atoms with Gasteiger partial charge in [0.1, 0.15) is 11.3 Å². The zero-order valence-electron chi connectivity index (χ0n) is 16.3. The minimum Gasteiger partial charge on any atom is -0.468 e. The first kappa shape index (κ1) is 20.2. The monoisotopic (exact) mass is 438 g/mol. The summed E-state index contributed by atoms with van der Waals surface area (Å²) in [5.41, 5.74) is 2.92. The maximum atomic E-state index is 12.9. The molecule has 30 heavy (non-hydrogen) atoms. The van der Waals surface area contributed by atoms with Gasteiger partial charge in [0, 0.05) is 4.90 Å². The van der Waals surface area contributed by atoms with E-state index in [-0.39, 0.29) is 5.91 Å². The Morgan fingerprint density at radius 1 is 1.17 bits per heavy atom. The van der Waals surface area contributed by atoms with E-state index in [1.807, 2.05) is 37.3 Å². The number of hydrogen-bond acceptors (Lipinski definition) is 7. The molecule has 2 aromatic heterocycles. The Kier molecular flexibility index (Phi) is 5.87. The van der Waals surface area contributed by atoms with Crippen molar-refractivity contribution in [2.45, 2.75) is 17.6 Å². The van der Waals surface area contributed by atoms with E-state index in [0.29, 0.717) is 27.8 Å². The number of carbonyl (C=O) groups is 2. The van der Waals surface area contributed by atoms with Gasteiger partial charge in [0.05, 0.1) is 34.9 Å². The van der Waals surface area contributed by atoms with Crippen molar-refractivity contribution in [3.05, 3.63) is 77.2 Å². The lowest BCUT2D eigenvalue weighted by Gasteiger charge is -2.08. The summed E-state index contributed by atoms with van der Waals surface area (Å²) in [5.74, 6) is 0.212. The number of rotatable bonds is 6. The van der Waals surface area contributed by atoms with Gasteiger partial charge in [-0.1, -0.05) is 29.5 Å². The van der Waals surface area contributed by atoms with Crippen LogP contribution >= 0.6 is 23.1 Å². The highest BCUT2D eigenvalue weighted by Gasteiger charge is 2.18. The summed E-state index contributed by atoms with van der Waals surface area (Å²) in [5, 5.41) is 3.45. The van der Waals surface area contributed by atoms with E-state index in [4.69, 9.17) is 9.15 Å². The van der Waals surface area contributed by atoms with Crippen LogP contribution in [0.5, 0.6) is 0 Å². The smallest absolute Gasteiger partial charge is 0.341 e. The lowest BCUT2D eigenvalue weighted by Crippen LogP contribution is -2.12. The van der Waals surface area contributed by atoms with E-state index in [9.17, 15) is 9.59 Å². The maximum absolute atomic E-state index is 12.9. The molecule has 0 fully saturated rings. The van der Waals surface area contributed by atoms with Crippen molar-refractivity contribution in [1.82, 2.24) is 4.98 Å². The largest absolute Gasteiger partial charge is 0.468 e. The summed E-state index contributed by atoms with van der Waals surface area (Å²) in [6.07, 6.45) is 1.45. The van der Waals surface area contributed by atoms with Gasteiger partial charge in [-0.05, 0) is 42.8 Å². The standard InChI is InChI=1S/C22H18N2O4S2/c1-13-7-8-16-19(11-13)30-22(23-16)24-20(25)15-5-3-4-6-18(15)29-12-17-14(9-10-28-17)21(26)27-2/h3-11H,12H2,1-2H3,(H,23,24,25). The van der Waals surface area contributed by atoms with Crippen LogP contribution in [0.25, 0.3) is 10.2 Å². The number of thioether (sulfide) groups is 1. The number of hydrogen-bond donors (Lipinski definition) is 1.